The molecule has 0 bridgehead atoms. The van der Waals surface area contributed by atoms with Crippen LogP contribution in [0.3, 0.4) is 0 Å². The summed E-state index contributed by atoms with van der Waals surface area (Å²) in [5, 5.41) is 12.9. The van der Waals surface area contributed by atoms with Gasteiger partial charge in [-0.2, -0.15) is 4.98 Å². The highest BCUT2D eigenvalue weighted by molar-refractivity contribution is 5.85. The van der Waals surface area contributed by atoms with Gasteiger partial charge in [0.1, 0.15) is 0 Å². The molecule has 0 radical (unpaired) electrons. The fraction of sp³-hybridized carbons (Fsp3) is 0.500. The van der Waals surface area contributed by atoms with Crippen LogP contribution < -0.4 is 0 Å². The molecule has 1 aliphatic heterocycles. The highest BCUT2D eigenvalue weighted by Crippen LogP contribution is 2.23. The molecular weight excluding hydrogens is 356 g/mol. The van der Waals surface area contributed by atoms with Gasteiger partial charge in [-0.3, -0.25) is 9.69 Å². The van der Waals surface area contributed by atoms with Crippen LogP contribution in [0.25, 0.3) is 11.4 Å². The molecule has 0 saturated carbocycles. The van der Waals surface area contributed by atoms with E-state index in [1.807, 2.05) is 31.2 Å². The zero-order valence-corrected chi connectivity index (χ0v) is 15.9. The average Bonchev–Trinajstić information content (AvgIpc) is 3.10. The minimum atomic E-state index is -0.745. The van der Waals surface area contributed by atoms with Crippen LogP contribution in [0.4, 0.5) is 0 Å². The van der Waals surface area contributed by atoms with E-state index in [-0.39, 0.29) is 24.9 Å². The van der Waals surface area contributed by atoms with Crippen molar-refractivity contribution in [2.24, 2.45) is 0 Å². The number of hydrogen-bond donors (Lipinski definition) is 1. The molecule has 1 atom stereocenters. The number of halogens is 1. The molecule has 26 heavy (non-hydrogen) atoms. The molecule has 1 unspecified atom stereocenters. The molecule has 3 rings (SSSR count). The fourth-order valence-electron chi connectivity index (χ4n) is 3.01. The summed E-state index contributed by atoms with van der Waals surface area (Å²) in [5.74, 6) is 0.488. The standard InChI is InChI=1S/C18H24N4O3.ClH/c1-13-3-5-15(6-4-13)17-19-18(25-20-17)14(2)22-11-9-21(10-12-22)8-7-16(23)24;/h3-6,14H,7-12H2,1-2H3,(H,23,24);1H. The third-order valence-corrected chi connectivity index (χ3v) is 4.71. The Morgan fingerprint density at radius 2 is 1.88 bits per heavy atom. The van der Waals surface area contributed by atoms with E-state index >= 15 is 0 Å². The van der Waals surface area contributed by atoms with Gasteiger partial charge in [-0.05, 0) is 13.8 Å². The van der Waals surface area contributed by atoms with E-state index in [4.69, 9.17) is 9.63 Å². The topological polar surface area (TPSA) is 82.7 Å². The van der Waals surface area contributed by atoms with E-state index in [9.17, 15) is 4.79 Å². The molecule has 142 valence electrons. The molecule has 0 spiro atoms. The lowest BCUT2D eigenvalue weighted by molar-refractivity contribution is -0.137. The van der Waals surface area contributed by atoms with Gasteiger partial charge in [-0.25, -0.2) is 0 Å². The number of carboxylic acids is 1. The number of rotatable bonds is 6. The second kappa shape index (κ2) is 9.12. The van der Waals surface area contributed by atoms with Gasteiger partial charge in [0.15, 0.2) is 0 Å². The highest BCUT2D eigenvalue weighted by atomic mass is 35.5. The minimum absolute atomic E-state index is 0. The first-order valence-corrected chi connectivity index (χ1v) is 8.62. The van der Waals surface area contributed by atoms with Gasteiger partial charge < -0.3 is 14.5 Å². The average molecular weight is 381 g/mol. The summed E-state index contributed by atoms with van der Waals surface area (Å²) >= 11 is 0. The largest absolute Gasteiger partial charge is 0.481 e. The first kappa shape index (κ1) is 20.4. The number of nitrogens with zero attached hydrogens (tertiary/aromatic N) is 4. The molecule has 8 heteroatoms. The van der Waals surface area contributed by atoms with Crippen molar-refractivity contribution >= 4 is 18.4 Å². The number of aromatic nitrogens is 2. The summed E-state index contributed by atoms with van der Waals surface area (Å²) < 4.78 is 5.48. The van der Waals surface area contributed by atoms with E-state index in [0.717, 1.165) is 31.7 Å². The number of aliphatic carboxylic acids is 1. The van der Waals surface area contributed by atoms with Crippen LogP contribution in [0.1, 0.15) is 30.8 Å². The smallest absolute Gasteiger partial charge is 0.304 e. The molecule has 7 nitrogen and oxygen atoms in total. The molecule has 1 N–H and O–H groups in total. The number of benzene rings is 1. The van der Waals surface area contributed by atoms with Crippen LogP contribution in [0.15, 0.2) is 28.8 Å². The summed E-state index contributed by atoms with van der Waals surface area (Å²) in [5.41, 5.74) is 2.15. The summed E-state index contributed by atoms with van der Waals surface area (Å²) in [6.45, 7) is 8.16. The van der Waals surface area contributed by atoms with Crippen LogP contribution in [0, 0.1) is 6.92 Å². The van der Waals surface area contributed by atoms with Crippen molar-refractivity contribution in [1.82, 2.24) is 19.9 Å². The van der Waals surface area contributed by atoms with Gasteiger partial charge in [-0.15, -0.1) is 12.4 Å². The van der Waals surface area contributed by atoms with Gasteiger partial charge >= 0.3 is 5.97 Å². The van der Waals surface area contributed by atoms with E-state index in [2.05, 4.69) is 26.9 Å². The maximum absolute atomic E-state index is 10.7. The maximum Gasteiger partial charge on any atom is 0.304 e. The molecule has 1 aliphatic rings. The lowest BCUT2D eigenvalue weighted by Crippen LogP contribution is -2.47. The number of carboxylic acid groups (broad SMARTS) is 1. The van der Waals surface area contributed by atoms with Crippen LogP contribution in [-0.2, 0) is 4.79 Å². The third-order valence-electron chi connectivity index (χ3n) is 4.71. The van der Waals surface area contributed by atoms with E-state index < -0.39 is 5.97 Å². The SMILES string of the molecule is Cc1ccc(-c2noc(C(C)N3CCN(CCC(=O)O)CC3)n2)cc1.Cl. The normalized spacial score (nSPS) is 16.8. The predicted octanol–water partition coefficient (Wildman–Crippen LogP) is 2.62. The molecule has 2 aromatic rings. The molecule has 2 heterocycles. The summed E-state index contributed by atoms with van der Waals surface area (Å²) in [4.78, 5) is 19.7. The number of carbonyl (C=O) groups is 1. The zero-order valence-electron chi connectivity index (χ0n) is 15.1. The van der Waals surface area contributed by atoms with Crippen LogP contribution in [-0.4, -0.2) is 63.7 Å². The first-order valence-electron chi connectivity index (χ1n) is 8.62. The van der Waals surface area contributed by atoms with Gasteiger partial charge in [0.2, 0.25) is 11.7 Å². The Hall–Kier alpha value is -1.96. The van der Waals surface area contributed by atoms with Crippen molar-refractivity contribution in [2.75, 3.05) is 32.7 Å². The Bertz CT molecular complexity index is 711. The van der Waals surface area contributed by atoms with Gasteiger partial charge in [-0.1, -0.05) is 35.0 Å². The summed E-state index contributed by atoms with van der Waals surface area (Å²) in [6.07, 6.45) is 0.194. The van der Waals surface area contributed by atoms with Gasteiger partial charge in [0.25, 0.3) is 0 Å². The maximum atomic E-state index is 10.7. The Balaban J connectivity index is 0.00000243. The van der Waals surface area contributed by atoms with Gasteiger partial charge in [0, 0.05) is 38.3 Å². The Labute approximate surface area is 159 Å². The Morgan fingerprint density at radius 3 is 2.50 bits per heavy atom. The second-order valence-electron chi connectivity index (χ2n) is 6.52. The number of hydrogen-bond acceptors (Lipinski definition) is 6. The lowest BCUT2D eigenvalue weighted by Gasteiger charge is -2.36. The third kappa shape index (κ3) is 5.03. The molecule has 1 aromatic heterocycles. The van der Waals surface area contributed by atoms with E-state index in [0.29, 0.717) is 18.3 Å². The number of piperazine rings is 1. The molecule has 0 amide bonds. The second-order valence-corrected chi connectivity index (χ2v) is 6.52. The fourth-order valence-corrected chi connectivity index (χ4v) is 3.01. The van der Waals surface area contributed by atoms with Crippen LogP contribution in [0.5, 0.6) is 0 Å². The highest BCUT2D eigenvalue weighted by Gasteiger charge is 2.26. The van der Waals surface area contributed by atoms with Crippen molar-refractivity contribution in [1.29, 1.82) is 0 Å². The van der Waals surface area contributed by atoms with E-state index in [1.165, 1.54) is 5.56 Å². The predicted molar refractivity (Wildman–Crippen MR) is 100 cm³/mol. The molecule has 1 aromatic carbocycles. The Morgan fingerprint density at radius 1 is 1.23 bits per heavy atom. The van der Waals surface area contributed by atoms with Crippen molar-refractivity contribution < 1.29 is 14.4 Å². The van der Waals surface area contributed by atoms with Crippen LogP contribution in [0.2, 0.25) is 0 Å². The zero-order chi connectivity index (χ0) is 17.8. The van der Waals surface area contributed by atoms with Crippen LogP contribution >= 0.6 is 12.4 Å². The number of aryl methyl sites for hydroxylation is 1. The van der Waals surface area contributed by atoms with Gasteiger partial charge in [0.05, 0.1) is 12.5 Å². The molecular formula is C18H25ClN4O3. The first-order chi connectivity index (χ1) is 12.0. The van der Waals surface area contributed by atoms with E-state index in [1.54, 1.807) is 0 Å². The lowest BCUT2D eigenvalue weighted by atomic mass is 10.1. The van der Waals surface area contributed by atoms with Crippen molar-refractivity contribution in [3.8, 4) is 11.4 Å². The minimum Gasteiger partial charge on any atom is -0.481 e. The monoisotopic (exact) mass is 380 g/mol. The summed E-state index contributed by atoms with van der Waals surface area (Å²) in [7, 11) is 0. The van der Waals surface area contributed by atoms with Crippen molar-refractivity contribution in [2.45, 2.75) is 26.3 Å². The van der Waals surface area contributed by atoms with Crippen molar-refractivity contribution in [3.63, 3.8) is 0 Å². The quantitative estimate of drug-likeness (QED) is 0.824. The molecule has 1 saturated heterocycles. The van der Waals surface area contributed by atoms with Crippen molar-refractivity contribution in [3.05, 3.63) is 35.7 Å². The molecule has 0 aliphatic carbocycles. The Kier molecular flexibility index (Phi) is 7.14. The summed E-state index contributed by atoms with van der Waals surface area (Å²) in [6, 6.07) is 8.11. The molecule has 1 fully saturated rings.